The Morgan fingerprint density at radius 2 is 1.72 bits per heavy atom. The molecule has 0 bridgehead atoms. The summed E-state index contributed by atoms with van der Waals surface area (Å²) in [4.78, 5) is 2.87. The van der Waals surface area contributed by atoms with Crippen molar-refractivity contribution in [1.29, 1.82) is 0 Å². The molecule has 2 heterocycles. The molecule has 1 aliphatic carbocycles. The van der Waals surface area contributed by atoms with E-state index < -0.39 is 8.07 Å². The summed E-state index contributed by atoms with van der Waals surface area (Å²) in [7, 11) is -2.06. The molecular weight excluding hydrogens is 493 g/mol. The highest BCUT2D eigenvalue weighted by atomic mass is 32.2. The molecule has 0 amide bonds. The number of aryl methyl sites for hydroxylation is 3. The summed E-state index contributed by atoms with van der Waals surface area (Å²) in [5.41, 5.74) is 4.48. The van der Waals surface area contributed by atoms with Gasteiger partial charge in [-0.05, 0) is 88.9 Å². The maximum Gasteiger partial charge on any atom is 0.122 e. The van der Waals surface area contributed by atoms with Gasteiger partial charge in [-0.15, -0.1) is 23.1 Å². The topological polar surface area (TPSA) is 9.23 Å². The fourth-order valence-corrected chi connectivity index (χ4v) is 13.2. The maximum atomic E-state index is 6.58. The Labute approximate surface area is 228 Å². The van der Waals surface area contributed by atoms with Crippen molar-refractivity contribution in [2.75, 3.05) is 6.61 Å². The third-order valence-corrected chi connectivity index (χ3v) is 13.9. The molecule has 1 nitrogen and oxygen atoms in total. The van der Waals surface area contributed by atoms with Gasteiger partial charge in [0, 0.05) is 9.41 Å². The van der Waals surface area contributed by atoms with Crippen LogP contribution in [0.15, 0.2) is 41.8 Å². The second-order valence-electron chi connectivity index (χ2n) is 11.0. The van der Waals surface area contributed by atoms with Crippen molar-refractivity contribution in [2.24, 2.45) is 0 Å². The third-order valence-electron chi connectivity index (χ3n) is 7.65. The number of thiophene rings is 1. The lowest BCUT2D eigenvalue weighted by Crippen LogP contribution is -2.48. The van der Waals surface area contributed by atoms with Gasteiger partial charge >= 0.3 is 0 Å². The molecule has 4 rings (SSSR count). The zero-order valence-corrected chi connectivity index (χ0v) is 25.9. The Kier molecular flexibility index (Phi) is 9.12. The minimum absolute atomic E-state index is 0.480. The largest absolute Gasteiger partial charge is 0.489 e. The van der Waals surface area contributed by atoms with Crippen molar-refractivity contribution in [2.45, 2.75) is 97.4 Å². The summed E-state index contributed by atoms with van der Waals surface area (Å²) in [6.45, 7) is 18.8. The molecule has 1 aromatic carbocycles. The number of allylic oxidation sites excluding steroid dienone is 2. The first-order chi connectivity index (χ1) is 17.3. The number of ether oxygens (including phenoxy) is 1. The lowest BCUT2D eigenvalue weighted by molar-refractivity contribution is 0.361. The molecule has 4 heteroatoms. The van der Waals surface area contributed by atoms with Crippen molar-refractivity contribution >= 4 is 47.1 Å². The lowest BCUT2D eigenvalue weighted by Gasteiger charge is -2.32. The number of rotatable bonds is 13. The summed E-state index contributed by atoms with van der Waals surface area (Å²) in [6, 6.07) is 7.46. The first kappa shape index (κ1) is 27.5. The quantitative estimate of drug-likeness (QED) is 0.148. The third kappa shape index (κ3) is 5.51. The van der Waals surface area contributed by atoms with Crippen molar-refractivity contribution < 1.29 is 4.74 Å². The molecule has 1 unspecified atom stereocenters. The van der Waals surface area contributed by atoms with E-state index in [4.69, 9.17) is 4.74 Å². The first-order valence-electron chi connectivity index (χ1n) is 13.9. The summed E-state index contributed by atoms with van der Waals surface area (Å²) < 4.78 is 8.14. The predicted octanol–water partition coefficient (Wildman–Crippen LogP) is 7.58. The average molecular weight is 537 g/mol. The van der Waals surface area contributed by atoms with Gasteiger partial charge in [-0.2, -0.15) is 0 Å². The highest BCUT2D eigenvalue weighted by Crippen LogP contribution is 2.45. The molecule has 0 radical (unpaired) electrons. The number of unbranched alkanes of at least 4 members (excludes halogenated alkanes) is 4. The summed E-state index contributed by atoms with van der Waals surface area (Å²) in [5.74, 6) is 1.17. The molecule has 0 saturated carbocycles. The Hall–Kier alpha value is -1.49. The summed E-state index contributed by atoms with van der Waals surface area (Å²) in [5, 5.41) is 5.19. The van der Waals surface area contributed by atoms with Gasteiger partial charge in [0.25, 0.3) is 0 Å². The minimum Gasteiger partial charge on any atom is -0.489 e. The van der Waals surface area contributed by atoms with Crippen LogP contribution in [-0.2, 0) is 12.8 Å². The van der Waals surface area contributed by atoms with Gasteiger partial charge in [-0.25, -0.2) is 0 Å². The van der Waals surface area contributed by atoms with Crippen LogP contribution in [0.1, 0.15) is 75.3 Å². The number of hydrogen-bond donors (Lipinski definition) is 0. The normalized spacial score (nSPS) is 16.8. The van der Waals surface area contributed by atoms with Crippen LogP contribution in [0.2, 0.25) is 13.1 Å². The Morgan fingerprint density at radius 3 is 2.42 bits per heavy atom. The van der Waals surface area contributed by atoms with Gasteiger partial charge in [0.15, 0.2) is 0 Å². The molecule has 1 aliphatic heterocycles. The summed E-state index contributed by atoms with van der Waals surface area (Å²) >= 11 is 4.08. The standard InChI is InChI=1S/C32H44OS2Si/c1-8-11-13-15-24-20-25(16-14-12-9-2)29(33-17-10-3)28(21-24)36(6,7)32-30-26(18-22(4)34-30)27-19-23(5)35-31(27)32/h10,18-21,30H,3,8-9,11-17H2,1-2,4-7H3. The molecule has 2 aliphatic rings. The van der Waals surface area contributed by atoms with Crippen molar-refractivity contribution in [3.8, 4) is 5.75 Å². The maximum absolute atomic E-state index is 6.58. The molecular formula is C32H44OS2Si. The fourth-order valence-electron chi connectivity index (χ4n) is 5.82. The van der Waals surface area contributed by atoms with E-state index in [2.05, 4.69) is 83.4 Å². The number of thioether (sulfide) groups is 1. The molecule has 0 saturated heterocycles. The number of hydrogen-bond acceptors (Lipinski definition) is 3. The van der Waals surface area contributed by atoms with E-state index in [1.54, 1.807) is 15.3 Å². The number of fused-ring (bicyclic) bond motifs is 2. The van der Waals surface area contributed by atoms with Crippen LogP contribution < -0.4 is 19.7 Å². The van der Waals surface area contributed by atoms with Gasteiger partial charge in [-0.3, -0.25) is 0 Å². The molecule has 1 atom stereocenters. The molecule has 0 spiro atoms. The van der Waals surface area contributed by atoms with Crippen molar-refractivity contribution in [1.82, 2.24) is 0 Å². The second-order valence-corrected chi connectivity index (χ2v) is 17.9. The zero-order chi connectivity index (χ0) is 25.9. The van der Waals surface area contributed by atoms with Crippen LogP contribution in [0.25, 0.3) is 10.8 Å². The molecule has 194 valence electrons. The van der Waals surface area contributed by atoms with E-state index in [1.807, 2.05) is 17.4 Å². The monoisotopic (exact) mass is 536 g/mol. The van der Waals surface area contributed by atoms with Gasteiger partial charge in [0.1, 0.15) is 20.4 Å². The molecule has 0 N–H and O–H groups in total. The van der Waals surface area contributed by atoms with Crippen LogP contribution in [0, 0.1) is 6.92 Å². The first-order valence-corrected chi connectivity index (χ1v) is 18.6. The molecule has 1 aromatic heterocycles. The molecule has 0 fully saturated rings. The van der Waals surface area contributed by atoms with Gasteiger partial charge in [-0.1, -0.05) is 77.4 Å². The minimum atomic E-state index is -2.06. The summed E-state index contributed by atoms with van der Waals surface area (Å²) in [6.07, 6.45) is 14.2. The van der Waals surface area contributed by atoms with Gasteiger partial charge in [0.05, 0.1) is 5.25 Å². The van der Waals surface area contributed by atoms with Crippen LogP contribution in [-0.4, -0.2) is 19.9 Å². The van der Waals surface area contributed by atoms with Crippen molar-refractivity contribution in [3.05, 3.63) is 67.6 Å². The van der Waals surface area contributed by atoms with E-state index in [-0.39, 0.29) is 0 Å². The highest BCUT2D eigenvalue weighted by Gasteiger charge is 2.43. The van der Waals surface area contributed by atoms with Gasteiger partial charge in [0.2, 0.25) is 0 Å². The van der Waals surface area contributed by atoms with Crippen molar-refractivity contribution in [3.63, 3.8) is 0 Å². The van der Waals surface area contributed by atoms with Gasteiger partial charge < -0.3 is 4.74 Å². The van der Waals surface area contributed by atoms with E-state index in [0.29, 0.717) is 11.9 Å². The number of benzene rings is 1. The zero-order valence-electron chi connectivity index (χ0n) is 23.3. The molecule has 2 aromatic rings. The molecule has 36 heavy (non-hydrogen) atoms. The van der Waals surface area contributed by atoms with Crippen LogP contribution in [0.5, 0.6) is 5.75 Å². The Morgan fingerprint density at radius 1 is 1.00 bits per heavy atom. The second kappa shape index (κ2) is 11.9. The Balaban J connectivity index is 1.89. The van der Waals surface area contributed by atoms with Crippen LogP contribution in [0.4, 0.5) is 0 Å². The van der Waals surface area contributed by atoms with Crippen LogP contribution >= 0.6 is 23.1 Å². The Bertz CT molecular complexity index is 1260. The lowest BCUT2D eigenvalue weighted by atomic mass is 10.00. The van der Waals surface area contributed by atoms with E-state index >= 15 is 0 Å². The predicted molar refractivity (Wildman–Crippen MR) is 166 cm³/mol. The van der Waals surface area contributed by atoms with E-state index in [9.17, 15) is 0 Å². The SMILES string of the molecule is C=CCOc1c(CCCCC)cc(CCCCC)cc1[Si](C)(C)C1=c2sc(C)cc2=C2C=C(C)SC21. The van der Waals surface area contributed by atoms with Crippen LogP contribution in [0.3, 0.4) is 0 Å². The van der Waals surface area contributed by atoms with E-state index in [1.165, 1.54) is 82.0 Å². The highest BCUT2D eigenvalue weighted by molar-refractivity contribution is 8.05. The van der Waals surface area contributed by atoms with E-state index in [0.717, 1.165) is 6.42 Å². The fraction of sp³-hybridized carbons (Fsp3) is 0.500. The average Bonchev–Trinajstić information content (AvgIpc) is 3.47. The smallest absolute Gasteiger partial charge is 0.122 e.